The number of hydrogen-bond acceptors (Lipinski definition) is 6. The first-order chi connectivity index (χ1) is 10.5. The standard InChI is InChI=1S/C15H18N2O4S/c1-3-20-12(16)11(15(19)21-4-2)14(22)17-13(18)10-8-6-5-7-9-10/h5-9H,3-4,16H2,1-2H3,(H,17,18,22)/b12-11-. The number of carbonyl (C=O) groups is 2. The SMILES string of the molecule is CCOC(=O)/C(C(=S)NC(=O)c1ccccc1)=C(/N)OCC. The van der Waals surface area contributed by atoms with Crippen LogP contribution in [0.15, 0.2) is 41.8 Å². The maximum atomic E-state index is 12.1. The molecular weight excluding hydrogens is 304 g/mol. The van der Waals surface area contributed by atoms with E-state index in [0.29, 0.717) is 5.56 Å². The number of carbonyl (C=O) groups excluding carboxylic acids is 2. The molecule has 0 bridgehead atoms. The topological polar surface area (TPSA) is 90.7 Å². The average Bonchev–Trinajstić information content (AvgIpc) is 2.48. The molecule has 0 aliphatic carbocycles. The van der Waals surface area contributed by atoms with Gasteiger partial charge in [-0.1, -0.05) is 30.4 Å². The Morgan fingerprint density at radius 2 is 1.73 bits per heavy atom. The first kappa shape index (κ1) is 17.6. The van der Waals surface area contributed by atoms with Crippen molar-refractivity contribution >= 4 is 29.1 Å². The number of hydrogen-bond donors (Lipinski definition) is 2. The van der Waals surface area contributed by atoms with E-state index in [2.05, 4.69) is 5.32 Å². The smallest absolute Gasteiger partial charge is 0.346 e. The third kappa shape index (κ3) is 4.85. The number of esters is 1. The fourth-order valence-electron chi connectivity index (χ4n) is 1.56. The number of benzene rings is 1. The van der Waals surface area contributed by atoms with Crippen molar-refractivity contribution in [3.63, 3.8) is 0 Å². The highest BCUT2D eigenvalue weighted by Gasteiger charge is 2.23. The maximum absolute atomic E-state index is 12.1. The molecule has 0 radical (unpaired) electrons. The Kier molecular flexibility index (Phi) is 7.04. The van der Waals surface area contributed by atoms with Crippen molar-refractivity contribution in [3.8, 4) is 0 Å². The molecule has 0 aliphatic heterocycles. The second-order valence-electron chi connectivity index (χ2n) is 4.04. The van der Waals surface area contributed by atoms with Crippen LogP contribution in [0.3, 0.4) is 0 Å². The molecule has 1 rings (SSSR count). The summed E-state index contributed by atoms with van der Waals surface area (Å²) in [5.41, 5.74) is 5.93. The molecule has 0 saturated carbocycles. The Labute approximate surface area is 134 Å². The number of amides is 1. The molecule has 7 heteroatoms. The van der Waals surface area contributed by atoms with Crippen molar-refractivity contribution in [2.45, 2.75) is 13.8 Å². The van der Waals surface area contributed by atoms with Crippen molar-refractivity contribution in [1.82, 2.24) is 5.32 Å². The van der Waals surface area contributed by atoms with Crippen molar-refractivity contribution in [2.24, 2.45) is 5.73 Å². The van der Waals surface area contributed by atoms with Crippen molar-refractivity contribution in [2.75, 3.05) is 13.2 Å². The van der Waals surface area contributed by atoms with Gasteiger partial charge in [-0.15, -0.1) is 0 Å². The van der Waals surface area contributed by atoms with Crippen LogP contribution in [0.5, 0.6) is 0 Å². The third-order valence-corrected chi connectivity index (χ3v) is 2.82. The molecule has 0 aliphatic rings. The zero-order valence-electron chi connectivity index (χ0n) is 12.4. The summed E-state index contributed by atoms with van der Waals surface area (Å²) in [6.07, 6.45) is 0. The van der Waals surface area contributed by atoms with Crippen LogP contribution in [0.25, 0.3) is 0 Å². The summed E-state index contributed by atoms with van der Waals surface area (Å²) in [6, 6.07) is 8.46. The second-order valence-corrected chi connectivity index (χ2v) is 4.45. The molecule has 0 heterocycles. The van der Waals surface area contributed by atoms with Gasteiger partial charge in [-0.3, -0.25) is 4.79 Å². The van der Waals surface area contributed by atoms with Gasteiger partial charge in [0.15, 0.2) is 5.57 Å². The second kappa shape index (κ2) is 8.78. The number of ether oxygens (including phenoxy) is 2. The zero-order chi connectivity index (χ0) is 16.5. The van der Waals surface area contributed by atoms with Crippen molar-refractivity contribution in [3.05, 3.63) is 47.4 Å². The predicted octanol–water partition coefficient (Wildman–Crippen LogP) is 1.51. The molecule has 118 valence electrons. The van der Waals surface area contributed by atoms with E-state index in [1.54, 1.807) is 44.2 Å². The number of rotatable bonds is 6. The summed E-state index contributed by atoms with van der Waals surface area (Å²) >= 11 is 5.08. The molecule has 0 aromatic heterocycles. The molecule has 1 aromatic carbocycles. The minimum Gasteiger partial charge on any atom is -0.479 e. The van der Waals surface area contributed by atoms with E-state index in [1.165, 1.54) is 0 Å². The van der Waals surface area contributed by atoms with Gasteiger partial charge in [-0.2, -0.15) is 0 Å². The highest BCUT2D eigenvalue weighted by Crippen LogP contribution is 2.08. The van der Waals surface area contributed by atoms with Gasteiger partial charge in [0.25, 0.3) is 5.91 Å². The molecule has 0 spiro atoms. The summed E-state index contributed by atoms with van der Waals surface area (Å²) in [5, 5.41) is 2.45. The Morgan fingerprint density at radius 3 is 2.27 bits per heavy atom. The van der Waals surface area contributed by atoms with E-state index in [4.69, 9.17) is 27.4 Å². The van der Waals surface area contributed by atoms with Crippen LogP contribution in [0.4, 0.5) is 0 Å². The lowest BCUT2D eigenvalue weighted by Gasteiger charge is -2.13. The monoisotopic (exact) mass is 322 g/mol. The highest BCUT2D eigenvalue weighted by atomic mass is 32.1. The Morgan fingerprint density at radius 1 is 1.14 bits per heavy atom. The van der Waals surface area contributed by atoms with Gasteiger partial charge in [-0.25, -0.2) is 4.79 Å². The normalized spacial score (nSPS) is 11.2. The Bertz CT molecular complexity index is 584. The van der Waals surface area contributed by atoms with Gasteiger partial charge in [0.1, 0.15) is 4.99 Å². The lowest BCUT2D eigenvalue weighted by atomic mass is 10.2. The summed E-state index contributed by atoms with van der Waals surface area (Å²) in [4.78, 5) is 23.9. The zero-order valence-corrected chi connectivity index (χ0v) is 13.2. The first-order valence-electron chi connectivity index (χ1n) is 6.71. The fraction of sp³-hybridized carbons (Fsp3) is 0.267. The van der Waals surface area contributed by atoms with Gasteiger partial charge in [0.05, 0.1) is 13.2 Å². The van der Waals surface area contributed by atoms with E-state index in [9.17, 15) is 9.59 Å². The molecule has 3 N–H and O–H groups in total. The van der Waals surface area contributed by atoms with Gasteiger partial charge in [0.2, 0.25) is 5.88 Å². The predicted molar refractivity (Wildman–Crippen MR) is 86.0 cm³/mol. The molecule has 0 fully saturated rings. The van der Waals surface area contributed by atoms with E-state index >= 15 is 0 Å². The molecule has 0 unspecified atom stereocenters. The van der Waals surface area contributed by atoms with Crippen LogP contribution in [0.2, 0.25) is 0 Å². The minimum absolute atomic E-state index is 0.141. The quantitative estimate of drug-likeness (QED) is 0.357. The lowest BCUT2D eigenvalue weighted by molar-refractivity contribution is -0.138. The summed E-state index contributed by atoms with van der Waals surface area (Å²) < 4.78 is 9.98. The molecular formula is C15H18N2O4S. The Balaban J connectivity index is 2.96. The van der Waals surface area contributed by atoms with E-state index in [-0.39, 0.29) is 29.7 Å². The molecule has 6 nitrogen and oxygen atoms in total. The fourth-order valence-corrected chi connectivity index (χ4v) is 1.84. The molecule has 22 heavy (non-hydrogen) atoms. The third-order valence-electron chi connectivity index (χ3n) is 2.52. The van der Waals surface area contributed by atoms with Gasteiger partial charge in [-0.05, 0) is 26.0 Å². The van der Waals surface area contributed by atoms with Crippen LogP contribution in [0, 0.1) is 0 Å². The summed E-state index contributed by atoms with van der Waals surface area (Å²) in [7, 11) is 0. The largest absolute Gasteiger partial charge is 0.479 e. The number of thiocarbonyl (C=S) groups is 1. The number of nitrogens with one attached hydrogen (secondary N) is 1. The van der Waals surface area contributed by atoms with Crippen LogP contribution >= 0.6 is 12.2 Å². The van der Waals surface area contributed by atoms with Crippen LogP contribution < -0.4 is 11.1 Å². The lowest BCUT2D eigenvalue weighted by Crippen LogP contribution is -2.35. The van der Waals surface area contributed by atoms with Crippen LogP contribution in [-0.4, -0.2) is 30.1 Å². The van der Waals surface area contributed by atoms with E-state index < -0.39 is 11.9 Å². The Hall–Kier alpha value is -2.41. The van der Waals surface area contributed by atoms with E-state index in [1.807, 2.05) is 0 Å². The average molecular weight is 322 g/mol. The summed E-state index contributed by atoms with van der Waals surface area (Å²) in [6.45, 7) is 3.76. The molecule has 1 amide bonds. The van der Waals surface area contributed by atoms with Crippen LogP contribution in [0.1, 0.15) is 24.2 Å². The maximum Gasteiger partial charge on any atom is 0.346 e. The van der Waals surface area contributed by atoms with Gasteiger partial charge >= 0.3 is 5.97 Å². The highest BCUT2D eigenvalue weighted by molar-refractivity contribution is 7.81. The summed E-state index contributed by atoms with van der Waals surface area (Å²) in [5.74, 6) is -1.37. The van der Waals surface area contributed by atoms with Gasteiger partial charge in [0, 0.05) is 5.56 Å². The van der Waals surface area contributed by atoms with Crippen molar-refractivity contribution in [1.29, 1.82) is 0 Å². The van der Waals surface area contributed by atoms with E-state index in [0.717, 1.165) is 0 Å². The van der Waals surface area contributed by atoms with Gasteiger partial charge < -0.3 is 20.5 Å². The first-order valence-corrected chi connectivity index (χ1v) is 7.12. The van der Waals surface area contributed by atoms with Crippen molar-refractivity contribution < 1.29 is 19.1 Å². The number of nitrogens with two attached hydrogens (primary N) is 1. The minimum atomic E-state index is -0.744. The van der Waals surface area contributed by atoms with Crippen LogP contribution in [-0.2, 0) is 14.3 Å². The molecule has 1 aromatic rings. The molecule has 0 saturated heterocycles. The molecule has 0 atom stereocenters.